The van der Waals surface area contributed by atoms with E-state index >= 15 is 0 Å². The smallest absolute Gasteiger partial charge is 0.115 e. The van der Waals surface area contributed by atoms with Gasteiger partial charge in [0, 0.05) is 24.5 Å². The number of fused-ring (bicyclic) bond motifs is 1. The molecule has 3 heteroatoms. The fraction of sp³-hybridized carbons (Fsp3) is 0.375. The maximum absolute atomic E-state index is 10.1. The van der Waals surface area contributed by atoms with E-state index in [0.29, 0.717) is 5.75 Å². The largest absolute Gasteiger partial charge is 0.508 e. The maximum atomic E-state index is 10.1. The number of hydrogen-bond acceptors (Lipinski definition) is 2. The first kappa shape index (κ1) is 12.3. The summed E-state index contributed by atoms with van der Waals surface area (Å²) in [6.07, 6.45) is 8.04. The molecule has 1 aliphatic rings. The van der Waals surface area contributed by atoms with Gasteiger partial charge in [-0.3, -0.25) is 0 Å². The second-order valence-electron chi connectivity index (χ2n) is 5.34. The summed E-state index contributed by atoms with van der Waals surface area (Å²) >= 11 is 0. The Labute approximate surface area is 113 Å². The minimum atomic E-state index is -0.317. The van der Waals surface area contributed by atoms with Crippen LogP contribution in [0.25, 0.3) is 0 Å². The van der Waals surface area contributed by atoms with E-state index in [0.717, 1.165) is 43.4 Å². The van der Waals surface area contributed by atoms with Crippen LogP contribution in [-0.4, -0.2) is 14.8 Å². The Morgan fingerprint density at radius 3 is 2.95 bits per heavy atom. The first-order valence-corrected chi connectivity index (χ1v) is 6.87. The van der Waals surface area contributed by atoms with Crippen LogP contribution < -0.4 is 0 Å². The zero-order valence-corrected chi connectivity index (χ0v) is 10.9. The summed E-state index contributed by atoms with van der Waals surface area (Å²) in [5.74, 6) is 0.297. The number of hydrogen-bond donors (Lipinski definition) is 2. The van der Waals surface area contributed by atoms with Crippen molar-refractivity contribution in [1.29, 1.82) is 0 Å². The van der Waals surface area contributed by atoms with Gasteiger partial charge in [0.25, 0.3) is 0 Å². The van der Waals surface area contributed by atoms with Crippen LogP contribution in [0.15, 0.2) is 36.7 Å². The van der Waals surface area contributed by atoms with Gasteiger partial charge < -0.3 is 14.8 Å². The van der Waals surface area contributed by atoms with E-state index in [1.54, 1.807) is 12.1 Å². The molecule has 0 radical (unpaired) electrons. The Morgan fingerprint density at radius 1 is 1.21 bits per heavy atom. The molecule has 2 aromatic rings. The van der Waals surface area contributed by atoms with Crippen LogP contribution in [0.5, 0.6) is 5.75 Å². The highest BCUT2D eigenvalue weighted by atomic mass is 16.3. The van der Waals surface area contributed by atoms with E-state index in [-0.39, 0.29) is 6.10 Å². The van der Waals surface area contributed by atoms with Crippen LogP contribution in [0, 0.1) is 0 Å². The second kappa shape index (κ2) is 5.10. The fourth-order valence-corrected chi connectivity index (χ4v) is 2.85. The monoisotopic (exact) mass is 257 g/mol. The van der Waals surface area contributed by atoms with Gasteiger partial charge in [0.1, 0.15) is 5.75 Å². The topological polar surface area (TPSA) is 45.4 Å². The summed E-state index contributed by atoms with van der Waals surface area (Å²) in [7, 11) is 0. The number of aromatic hydroxyl groups is 1. The Morgan fingerprint density at radius 2 is 2.11 bits per heavy atom. The van der Waals surface area contributed by atoms with E-state index < -0.39 is 0 Å². The van der Waals surface area contributed by atoms with Crippen LogP contribution in [0.1, 0.15) is 42.1 Å². The van der Waals surface area contributed by atoms with Crippen molar-refractivity contribution in [3.63, 3.8) is 0 Å². The second-order valence-corrected chi connectivity index (χ2v) is 5.34. The van der Waals surface area contributed by atoms with Gasteiger partial charge in [-0.05, 0) is 42.5 Å². The molecular weight excluding hydrogens is 238 g/mol. The van der Waals surface area contributed by atoms with Crippen molar-refractivity contribution in [1.82, 2.24) is 4.57 Å². The van der Waals surface area contributed by atoms with Crippen molar-refractivity contribution in [2.75, 3.05) is 0 Å². The molecule has 19 heavy (non-hydrogen) atoms. The molecule has 1 heterocycles. The lowest BCUT2D eigenvalue weighted by Crippen LogP contribution is -1.98. The van der Waals surface area contributed by atoms with Crippen molar-refractivity contribution >= 4 is 0 Å². The Hall–Kier alpha value is -1.74. The van der Waals surface area contributed by atoms with E-state index in [9.17, 15) is 10.2 Å². The van der Waals surface area contributed by atoms with E-state index in [2.05, 4.69) is 17.0 Å². The molecule has 3 rings (SSSR count). The molecule has 0 saturated carbocycles. The number of aliphatic hydroxyl groups is 1. The highest BCUT2D eigenvalue weighted by Crippen LogP contribution is 2.29. The Kier molecular flexibility index (Phi) is 3.30. The van der Waals surface area contributed by atoms with E-state index in [1.165, 1.54) is 5.56 Å². The molecule has 1 aromatic heterocycles. The summed E-state index contributed by atoms with van der Waals surface area (Å²) in [5, 5.41) is 19.6. The standard InChI is InChI=1S/C16H19NO2/c18-14-6-3-4-12(8-14)9-17-10-13-5-1-2-7-16(19)15(13)11-17/h3-4,6,8,10-11,16,18-19H,1-2,5,7,9H2. The van der Waals surface area contributed by atoms with Crippen molar-refractivity contribution < 1.29 is 10.2 Å². The maximum Gasteiger partial charge on any atom is 0.115 e. The van der Waals surface area contributed by atoms with Crippen molar-refractivity contribution in [3.05, 3.63) is 53.3 Å². The highest BCUT2D eigenvalue weighted by Gasteiger charge is 2.18. The lowest BCUT2D eigenvalue weighted by Gasteiger charge is -2.07. The highest BCUT2D eigenvalue weighted by molar-refractivity contribution is 5.31. The predicted molar refractivity (Wildman–Crippen MR) is 74.2 cm³/mol. The molecule has 0 spiro atoms. The van der Waals surface area contributed by atoms with Gasteiger partial charge in [-0.15, -0.1) is 0 Å². The number of phenols is 1. The number of aryl methyl sites for hydroxylation is 1. The SMILES string of the molecule is Oc1cccc(Cn2cc3c(c2)C(O)CCCC3)c1. The molecule has 1 aliphatic carbocycles. The van der Waals surface area contributed by atoms with Gasteiger partial charge in [-0.2, -0.15) is 0 Å². The number of aliphatic hydroxyl groups excluding tert-OH is 1. The third kappa shape index (κ3) is 2.66. The Bertz CT molecular complexity index is 574. The van der Waals surface area contributed by atoms with Crippen LogP contribution in [0.2, 0.25) is 0 Å². The number of benzene rings is 1. The van der Waals surface area contributed by atoms with Crippen molar-refractivity contribution in [2.24, 2.45) is 0 Å². The molecule has 100 valence electrons. The number of phenolic OH excluding ortho intramolecular Hbond substituents is 1. The van der Waals surface area contributed by atoms with Crippen LogP contribution in [-0.2, 0) is 13.0 Å². The molecule has 0 fully saturated rings. The normalized spacial score (nSPS) is 18.9. The van der Waals surface area contributed by atoms with Gasteiger partial charge in [0.2, 0.25) is 0 Å². The first-order chi connectivity index (χ1) is 9.22. The molecule has 1 atom stereocenters. The predicted octanol–water partition coefficient (Wildman–Crippen LogP) is 3.00. The van der Waals surface area contributed by atoms with Gasteiger partial charge in [-0.1, -0.05) is 18.6 Å². The molecule has 1 unspecified atom stereocenters. The lowest BCUT2D eigenvalue weighted by atomic mass is 10.1. The average Bonchev–Trinajstić information content (AvgIpc) is 2.70. The summed E-state index contributed by atoms with van der Waals surface area (Å²) < 4.78 is 2.11. The quantitative estimate of drug-likeness (QED) is 0.812. The molecule has 3 nitrogen and oxygen atoms in total. The summed E-state index contributed by atoms with van der Waals surface area (Å²) in [4.78, 5) is 0. The summed E-state index contributed by atoms with van der Waals surface area (Å²) in [6, 6.07) is 7.31. The molecule has 0 bridgehead atoms. The number of aromatic nitrogens is 1. The Balaban J connectivity index is 1.85. The third-order valence-corrected chi connectivity index (χ3v) is 3.81. The fourth-order valence-electron chi connectivity index (χ4n) is 2.85. The molecule has 0 aliphatic heterocycles. The summed E-state index contributed by atoms with van der Waals surface area (Å²) in [6.45, 7) is 0.730. The van der Waals surface area contributed by atoms with Crippen LogP contribution >= 0.6 is 0 Å². The minimum absolute atomic E-state index is 0.297. The van der Waals surface area contributed by atoms with Crippen LogP contribution in [0.4, 0.5) is 0 Å². The van der Waals surface area contributed by atoms with Crippen LogP contribution in [0.3, 0.4) is 0 Å². The van der Waals surface area contributed by atoms with E-state index in [1.807, 2.05) is 12.1 Å². The van der Waals surface area contributed by atoms with Gasteiger partial charge in [0.05, 0.1) is 6.10 Å². The van der Waals surface area contributed by atoms with Crippen molar-refractivity contribution in [3.8, 4) is 5.75 Å². The zero-order chi connectivity index (χ0) is 13.2. The minimum Gasteiger partial charge on any atom is -0.508 e. The molecule has 1 aromatic carbocycles. The molecular formula is C16H19NO2. The molecule has 0 amide bonds. The third-order valence-electron chi connectivity index (χ3n) is 3.81. The van der Waals surface area contributed by atoms with Gasteiger partial charge in [-0.25, -0.2) is 0 Å². The summed E-state index contributed by atoms with van der Waals surface area (Å²) in [5.41, 5.74) is 3.42. The van der Waals surface area contributed by atoms with Crippen molar-refractivity contribution in [2.45, 2.75) is 38.3 Å². The van der Waals surface area contributed by atoms with Gasteiger partial charge in [0.15, 0.2) is 0 Å². The van der Waals surface area contributed by atoms with Gasteiger partial charge >= 0.3 is 0 Å². The number of rotatable bonds is 2. The zero-order valence-electron chi connectivity index (χ0n) is 10.9. The average molecular weight is 257 g/mol. The first-order valence-electron chi connectivity index (χ1n) is 6.87. The number of nitrogens with zero attached hydrogens (tertiary/aromatic N) is 1. The molecule has 2 N–H and O–H groups in total. The van der Waals surface area contributed by atoms with E-state index in [4.69, 9.17) is 0 Å². The lowest BCUT2D eigenvalue weighted by molar-refractivity contribution is 0.166. The molecule has 0 saturated heterocycles.